The van der Waals surface area contributed by atoms with Crippen LogP contribution in [0.5, 0.6) is 0 Å². The molecule has 0 saturated carbocycles. The molecule has 0 aliphatic carbocycles. The van der Waals surface area contributed by atoms with Gasteiger partial charge in [0.25, 0.3) is 0 Å². The fourth-order valence-electron chi connectivity index (χ4n) is 1.61. The summed E-state index contributed by atoms with van der Waals surface area (Å²) in [5.74, 6) is 0. The highest BCUT2D eigenvalue weighted by atomic mass is 35.5. The van der Waals surface area contributed by atoms with Gasteiger partial charge in [-0.15, -0.1) is 0 Å². The zero-order chi connectivity index (χ0) is 12.5. The second-order valence-corrected chi connectivity index (χ2v) is 5.40. The smallest absolute Gasteiger partial charge is 0.130 e. The fourth-order valence-corrected chi connectivity index (χ4v) is 1.86. The summed E-state index contributed by atoms with van der Waals surface area (Å²) in [5, 5.41) is 15.1. The third-order valence-corrected chi connectivity index (χ3v) is 3.95. The Kier molecular flexibility index (Phi) is 4.02. The molecule has 0 aliphatic rings. The van der Waals surface area contributed by atoms with Crippen molar-refractivity contribution >= 4 is 11.6 Å². The van der Waals surface area contributed by atoms with Crippen molar-refractivity contribution in [3.63, 3.8) is 0 Å². The van der Waals surface area contributed by atoms with E-state index in [1.807, 2.05) is 14.0 Å². The van der Waals surface area contributed by atoms with Gasteiger partial charge in [-0.25, -0.2) is 0 Å². The fraction of sp³-hybridized carbons (Fsp3) is 0.750. The molecule has 1 aromatic rings. The summed E-state index contributed by atoms with van der Waals surface area (Å²) >= 11 is 6.14. The maximum Gasteiger partial charge on any atom is 0.130 e. The summed E-state index contributed by atoms with van der Waals surface area (Å²) in [6.45, 7) is 8.14. The number of aliphatic hydroxyl groups excluding tert-OH is 1. The van der Waals surface area contributed by atoms with Crippen LogP contribution in [0.25, 0.3) is 0 Å². The van der Waals surface area contributed by atoms with Gasteiger partial charge in [0.05, 0.1) is 11.8 Å². The number of nitrogens with zero attached hydrogens (tertiary/aromatic N) is 2. The molecule has 1 rings (SSSR count). The first-order valence-electron chi connectivity index (χ1n) is 5.65. The van der Waals surface area contributed by atoms with E-state index >= 15 is 0 Å². The Morgan fingerprint density at radius 1 is 1.50 bits per heavy atom. The highest BCUT2D eigenvalue weighted by Gasteiger charge is 2.28. The van der Waals surface area contributed by atoms with Crippen molar-refractivity contribution in [3.05, 3.63) is 16.4 Å². The van der Waals surface area contributed by atoms with E-state index in [1.165, 1.54) is 0 Å². The lowest BCUT2D eigenvalue weighted by Gasteiger charge is -2.29. The second kappa shape index (κ2) is 4.76. The van der Waals surface area contributed by atoms with Crippen LogP contribution in [0.15, 0.2) is 0 Å². The SMILES string of the molecule is CCC(C)(C)C(O)Cc1c(C)nn(C)c1Cl. The summed E-state index contributed by atoms with van der Waals surface area (Å²) in [6, 6.07) is 0. The molecule has 1 atom stereocenters. The monoisotopic (exact) mass is 244 g/mol. The quantitative estimate of drug-likeness (QED) is 0.885. The normalized spacial score (nSPS) is 14.2. The lowest BCUT2D eigenvalue weighted by Crippen LogP contribution is -2.30. The molecule has 16 heavy (non-hydrogen) atoms. The van der Waals surface area contributed by atoms with Crippen LogP contribution < -0.4 is 0 Å². The predicted octanol–water partition coefficient (Wildman–Crippen LogP) is 2.72. The van der Waals surface area contributed by atoms with Crippen LogP contribution in [0.2, 0.25) is 5.15 Å². The first-order valence-corrected chi connectivity index (χ1v) is 6.03. The van der Waals surface area contributed by atoms with Gasteiger partial charge in [0.2, 0.25) is 0 Å². The molecule has 0 saturated heterocycles. The minimum absolute atomic E-state index is 0.0917. The van der Waals surface area contributed by atoms with Gasteiger partial charge in [0, 0.05) is 19.0 Å². The van der Waals surface area contributed by atoms with Crippen LogP contribution in [0.1, 0.15) is 38.4 Å². The molecule has 0 spiro atoms. The summed E-state index contributed by atoms with van der Waals surface area (Å²) in [6.07, 6.45) is 1.11. The van der Waals surface area contributed by atoms with Crippen molar-refractivity contribution in [1.82, 2.24) is 9.78 Å². The van der Waals surface area contributed by atoms with Crippen molar-refractivity contribution in [2.24, 2.45) is 12.5 Å². The minimum Gasteiger partial charge on any atom is -0.392 e. The number of aliphatic hydroxyl groups is 1. The number of hydrogen-bond donors (Lipinski definition) is 1. The van der Waals surface area contributed by atoms with Gasteiger partial charge in [-0.3, -0.25) is 4.68 Å². The lowest BCUT2D eigenvalue weighted by molar-refractivity contribution is 0.0478. The molecule has 0 fully saturated rings. The molecule has 4 heteroatoms. The van der Waals surface area contributed by atoms with E-state index in [2.05, 4.69) is 25.9 Å². The van der Waals surface area contributed by atoms with Gasteiger partial charge in [0.1, 0.15) is 5.15 Å². The molecule has 92 valence electrons. The summed E-state index contributed by atoms with van der Waals surface area (Å²) in [4.78, 5) is 0. The van der Waals surface area contributed by atoms with Crippen LogP contribution in [0, 0.1) is 12.3 Å². The van der Waals surface area contributed by atoms with Crippen LogP contribution in [-0.2, 0) is 13.5 Å². The van der Waals surface area contributed by atoms with E-state index < -0.39 is 6.10 Å². The standard InChI is InChI=1S/C12H21ClN2O/c1-6-12(3,4)10(16)7-9-8(2)14-15(5)11(9)13/h10,16H,6-7H2,1-5H3. The Labute approximate surface area is 102 Å². The molecule has 1 N–H and O–H groups in total. The predicted molar refractivity (Wildman–Crippen MR) is 66.7 cm³/mol. The summed E-state index contributed by atoms with van der Waals surface area (Å²) < 4.78 is 1.65. The Morgan fingerprint density at radius 2 is 2.06 bits per heavy atom. The third kappa shape index (κ3) is 2.58. The van der Waals surface area contributed by atoms with Crippen molar-refractivity contribution in [2.75, 3.05) is 0 Å². The van der Waals surface area contributed by atoms with Gasteiger partial charge >= 0.3 is 0 Å². The zero-order valence-electron chi connectivity index (χ0n) is 10.7. The maximum absolute atomic E-state index is 10.2. The number of aryl methyl sites for hydroxylation is 2. The zero-order valence-corrected chi connectivity index (χ0v) is 11.5. The first kappa shape index (κ1) is 13.5. The lowest BCUT2D eigenvalue weighted by atomic mass is 9.81. The van der Waals surface area contributed by atoms with Crippen molar-refractivity contribution in [3.8, 4) is 0 Å². The number of halogens is 1. The molecule has 0 amide bonds. The summed E-state index contributed by atoms with van der Waals surface area (Å²) in [5.41, 5.74) is 1.77. The van der Waals surface area contributed by atoms with E-state index in [9.17, 15) is 5.11 Å². The van der Waals surface area contributed by atoms with E-state index in [1.54, 1.807) is 4.68 Å². The van der Waals surface area contributed by atoms with E-state index in [0.717, 1.165) is 17.7 Å². The highest BCUT2D eigenvalue weighted by Crippen LogP contribution is 2.30. The molecule has 0 radical (unpaired) electrons. The molecular formula is C12H21ClN2O. The molecule has 3 nitrogen and oxygen atoms in total. The summed E-state index contributed by atoms with van der Waals surface area (Å²) in [7, 11) is 1.82. The number of rotatable bonds is 4. The molecule has 0 aromatic carbocycles. The van der Waals surface area contributed by atoms with Gasteiger partial charge in [-0.05, 0) is 18.8 Å². The number of hydrogen-bond acceptors (Lipinski definition) is 2. The Hall–Kier alpha value is -0.540. The van der Waals surface area contributed by atoms with E-state index in [0.29, 0.717) is 11.6 Å². The van der Waals surface area contributed by atoms with Gasteiger partial charge in [-0.1, -0.05) is 32.4 Å². The van der Waals surface area contributed by atoms with Gasteiger partial charge in [-0.2, -0.15) is 5.10 Å². The average Bonchev–Trinajstić information content (AvgIpc) is 2.45. The first-order chi connectivity index (χ1) is 7.29. The molecule has 0 bridgehead atoms. The Balaban J connectivity index is 2.89. The number of aromatic nitrogens is 2. The topological polar surface area (TPSA) is 38.1 Å². The largest absolute Gasteiger partial charge is 0.392 e. The van der Waals surface area contributed by atoms with Gasteiger partial charge in [0.15, 0.2) is 0 Å². The Morgan fingerprint density at radius 3 is 2.44 bits per heavy atom. The molecule has 0 aliphatic heterocycles. The van der Waals surface area contributed by atoms with Crippen molar-refractivity contribution in [2.45, 2.75) is 46.6 Å². The van der Waals surface area contributed by atoms with E-state index in [4.69, 9.17) is 11.6 Å². The van der Waals surface area contributed by atoms with Crippen LogP contribution >= 0.6 is 11.6 Å². The van der Waals surface area contributed by atoms with Crippen LogP contribution in [0.4, 0.5) is 0 Å². The highest BCUT2D eigenvalue weighted by molar-refractivity contribution is 6.30. The Bertz CT molecular complexity index is 371. The molecule has 1 heterocycles. The van der Waals surface area contributed by atoms with Crippen LogP contribution in [0.3, 0.4) is 0 Å². The maximum atomic E-state index is 10.2. The van der Waals surface area contributed by atoms with E-state index in [-0.39, 0.29) is 5.41 Å². The molecule has 1 aromatic heterocycles. The average molecular weight is 245 g/mol. The minimum atomic E-state index is -0.391. The third-order valence-electron chi connectivity index (χ3n) is 3.48. The van der Waals surface area contributed by atoms with Crippen LogP contribution in [-0.4, -0.2) is 21.0 Å². The molecule has 1 unspecified atom stereocenters. The second-order valence-electron chi connectivity index (χ2n) is 5.04. The molecular weight excluding hydrogens is 224 g/mol. The van der Waals surface area contributed by atoms with Crippen molar-refractivity contribution < 1.29 is 5.11 Å². The van der Waals surface area contributed by atoms with Gasteiger partial charge < -0.3 is 5.11 Å². The van der Waals surface area contributed by atoms with Crippen molar-refractivity contribution in [1.29, 1.82) is 0 Å².